The average Bonchev–Trinajstić information content (AvgIpc) is 3.10. The molecule has 0 saturated heterocycles. The number of amides is 1. The second-order valence-corrected chi connectivity index (χ2v) is 23.3. The molecule has 1 saturated carbocycles. The first-order valence-corrected chi connectivity index (χ1v) is 18.6. The average molecular weight is 571 g/mol. The Bertz CT molecular complexity index is 974. The highest BCUT2D eigenvalue weighted by Crippen LogP contribution is 2.55. The van der Waals surface area contributed by atoms with E-state index in [0.29, 0.717) is 23.0 Å². The van der Waals surface area contributed by atoms with Gasteiger partial charge in [0.1, 0.15) is 0 Å². The maximum atomic E-state index is 13.5. The van der Waals surface area contributed by atoms with Crippen molar-refractivity contribution < 1.29 is 23.5 Å². The number of rotatable bonds is 5. The summed E-state index contributed by atoms with van der Waals surface area (Å²) in [6.07, 6.45) is 0.612. The van der Waals surface area contributed by atoms with Crippen molar-refractivity contribution in [3.63, 3.8) is 0 Å². The molecule has 0 aromatic heterocycles. The Balaban J connectivity index is 2.08. The van der Waals surface area contributed by atoms with Gasteiger partial charge in [-0.15, -0.1) is 0 Å². The van der Waals surface area contributed by atoms with Crippen molar-refractivity contribution in [2.24, 2.45) is 0 Å². The summed E-state index contributed by atoms with van der Waals surface area (Å²) in [6.45, 7) is 22.2. The molecule has 2 atom stereocenters. The van der Waals surface area contributed by atoms with E-state index in [1.165, 1.54) is 0 Å². The molecular formula is C25H40BrNO5Si2. The summed E-state index contributed by atoms with van der Waals surface area (Å²) in [7, 11) is -4.27. The summed E-state index contributed by atoms with van der Waals surface area (Å²) in [5, 5.41) is 12.5. The summed E-state index contributed by atoms with van der Waals surface area (Å²) >= 11 is 3.59. The molecule has 1 spiro atoms. The Hall–Kier alpha value is -1.01. The molecule has 1 fully saturated rings. The van der Waals surface area contributed by atoms with Gasteiger partial charge in [-0.25, -0.2) is 4.79 Å². The fourth-order valence-corrected chi connectivity index (χ4v) is 7.97. The number of carbonyl (C=O) groups is 2. The van der Waals surface area contributed by atoms with Gasteiger partial charge >= 0.3 is 5.97 Å². The van der Waals surface area contributed by atoms with Crippen LogP contribution in [0, 0.1) is 0 Å². The van der Waals surface area contributed by atoms with Crippen LogP contribution in [0.5, 0.6) is 0 Å². The van der Waals surface area contributed by atoms with E-state index in [4.69, 9.17) is 8.85 Å². The highest BCUT2D eigenvalue weighted by molar-refractivity contribution is 9.10. The van der Waals surface area contributed by atoms with Crippen molar-refractivity contribution in [1.82, 2.24) is 0 Å². The number of carboxylic acids is 1. The van der Waals surface area contributed by atoms with Crippen molar-refractivity contribution in [3.8, 4) is 0 Å². The van der Waals surface area contributed by atoms with Gasteiger partial charge in [-0.3, -0.25) is 4.79 Å². The summed E-state index contributed by atoms with van der Waals surface area (Å²) in [6, 6.07) is 3.15. The second-order valence-electron chi connectivity index (χ2n) is 13.0. The zero-order valence-corrected chi connectivity index (χ0v) is 25.8. The second kappa shape index (κ2) is 8.54. The van der Waals surface area contributed by atoms with E-state index in [9.17, 15) is 14.7 Å². The van der Waals surface area contributed by atoms with E-state index in [-0.39, 0.29) is 33.8 Å². The molecule has 2 aliphatic rings. The van der Waals surface area contributed by atoms with Gasteiger partial charge in [-0.2, -0.15) is 0 Å². The molecule has 9 heteroatoms. The Morgan fingerprint density at radius 2 is 1.44 bits per heavy atom. The van der Waals surface area contributed by atoms with E-state index in [0.717, 1.165) is 5.56 Å². The van der Waals surface area contributed by atoms with Crippen LogP contribution in [0.4, 0.5) is 5.69 Å². The highest BCUT2D eigenvalue weighted by Gasteiger charge is 2.59. The number of anilines is 1. The molecule has 3 rings (SSSR count). The number of hydrogen-bond acceptors (Lipinski definition) is 4. The number of fused-ring (bicyclic) bond motifs is 2. The lowest BCUT2D eigenvalue weighted by Crippen LogP contribution is -2.50. The Morgan fingerprint density at radius 3 is 1.82 bits per heavy atom. The van der Waals surface area contributed by atoms with Crippen LogP contribution in [0.25, 0.3) is 0 Å². The number of hydrogen-bond donors (Lipinski definition) is 2. The van der Waals surface area contributed by atoms with Gasteiger partial charge in [-0.05, 0) is 61.2 Å². The van der Waals surface area contributed by atoms with Gasteiger partial charge in [0.25, 0.3) is 0 Å². The molecule has 6 nitrogen and oxygen atoms in total. The van der Waals surface area contributed by atoms with Gasteiger partial charge in [-0.1, -0.05) is 57.5 Å². The standard InChI is InChI=1S/C25H40BrNO5Si2/c1-23(2,3)33(7,8)31-18-13-25(14-19(18)32-34(9,10)24(4,5)6)20-16(26)11-15(21(28)29)12-17(20)27-22(25)30/h11-12,18-19H,13-14H2,1-10H3,(H,27,30)(H,28,29). The Morgan fingerprint density at radius 1 is 1.00 bits per heavy atom. The molecule has 1 aromatic rings. The topological polar surface area (TPSA) is 84.9 Å². The summed E-state index contributed by atoms with van der Waals surface area (Å²) in [5.74, 6) is -1.13. The van der Waals surface area contributed by atoms with Crippen LogP contribution in [0.15, 0.2) is 16.6 Å². The highest BCUT2D eigenvalue weighted by atomic mass is 79.9. The number of carboxylic acid groups (broad SMARTS) is 1. The Labute approximate surface area is 214 Å². The number of halogens is 1. The SMILES string of the molecule is CC(C)(C)[Si](C)(C)OC1CC2(CC1O[Si](C)(C)C(C)(C)C)C(=O)Nc1cc(C(=O)O)cc(Br)c12. The first-order valence-electron chi connectivity index (χ1n) is 12.0. The minimum absolute atomic E-state index is 0.0249. The van der Waals surface area contributed by atoms with Crippen LogP contribution >= 0.6 is 15.9 Å². The fourth-order valence-electron chi connectivity index (χ4n) is 4.44. The molecule has 1 aliphatic heterocycles. The van der Waals surface area contributed by atoms with E-state index >= 15 is 0 Å². The predicted molar refractivity (Wildman–Crippen MR) is 145 cm³/mol. The summed E-state index contributed by atoms with van der Waals surface area (Å²) in [5.41, 5.74) is 0.721. The van der Waals surface area contributed by atoms with Gasteiger partial charge in [0.15, 0.2) is 16.6 Å². The minimum atomic E-state index is -2.14. The molecular weight excluding hydrogens is 530 g/mol. The van der Waals surface area contributed by atoms with Crippen LogP contribution in [-0.2, 0) is 19.1 Å². The van der Waals surface area contributed by atoms with Gasteiger partial charge in [0.2, 0.25) is 5.91 Å². The largest absolute Gasteiger partial charge is 0.478 e. The van der Waals surface area contributed by atoms with Gasteiger partial charge in [0.05, 0.1) is 23.2 Å². The van der Waals surface area contributed by atoms with E-state index < -0.39 is 28.0 Å². The number of carbonyl (C=O) groups excluding carboxylic acids is 1. The normalized spacial score (nSPS) is 25.6. The molecule has 1 aromatic carbocycles. The third-order valence-electron chi connectivity index (χ3n) is 8.52. The molecule has 2 N–H and O–H groups in total. The minimum Gasteiger partial charge on any atom is -0.478 e. The van der Waals surface area contributed by atoms with Gasteiger partial charge in [0, 0.05) is 15.7 Å². The van der Waals surface area contributed by atoms with E-state index in [2.05, 4.69) is 89.0 Å². The fraction of sp³-hybridized carbons (Fsp3) is 0.680. The molecule has 1 aliphatic carbocycles. The van der Waals surface area contributed by atoms with Crippen molar-refractivity contribution in [1.29, 1.82) is 0 Å². The zero-order chi connectivity index (χ0) is 26.1. The lowest BCUT2D eigenvalue weighted by Gasteiger charge is -2.43. The first kappa shape index (κ1) is 27.6. The van der Waals surface area contributed by atoms with Crippen LogP contribution in [0.1, 0.15) is 70.3 Å². The van der Waals surface area contributed by atoms with Crippen LogP contribution in [0.2, 0.25) is 36.3 Å². The van der Waals surface area contributed by atoms with Crippen LogP contribution < -0.4 is 5.32 Å². The van der Waals surface area contributed by atoms with Crippen LogP contribution in [-0.4, -0.2) is 45.8 Å². The molecule has 1 heterocycles. The lowest BCUT2D eigenvalue weighted by atomic mass is 9.79. The van der Waals surface area contributed by atoms with Crippen molar-refractivity contribution in [2.75, 3.05) is 5.32 Å². The maximum Gasteiger partial charge on any atom is 0.335 e. The van der Waals surface area contributed by atoms with E-state index in [1.807, 2.05) is 0 Å². The third-order valence-corrected chi connectivity index (χ3v) is 18.2. The van der Waals surface area contributed by atoms with Gasteiger partial charge < -0.3 is 19.3 Å². The molecule has 190 valence electrons. The van der Waals surface area contributed by atoms with Crippen molar-refractivity contribution in [2.45, 2.75) is 108 Å². The van der Waals surface area contributed by atoms with Crippen LogP contribution in [0.3, 0.4) is 0 Å². The number of aromatic carboxylic acids is 1. The van der Waals surface area contributed by atoms with E-state index in [1.54, 1.807) is 12.1 Å². The monoisotopic (exact) mass is 569 g/mol. The first-order chi connectivity index (χ1) is 15.2. The summed E-state index contributed by atoms with van der Waals surface area (Å²) < 4.78 is 14.5. The summed E-state index contributed by atoms with van der Waals surface area (Å²) in [4.78, 5) is 25.1. The molecule has 0 bridgehead atoms. The number of nitrogens with one attached hydrogen (secondary N) is 1. The molecule has 34 heavy (non-hydrogen) atoms. The Kier molecular flexibility index (Phi) is 6.93. The molecule has 0 radical (unpaired) electrons. The predicted octanol–water partition coefficient (Wildman–Crippen LogP) is 6.91. The number of benzene rings is 1. The molecule has 1 amide bonds. The maximum absolute atomic E-state index is 13.5. The van der Waals surface area contributed by atoms with Crippen molar-refractivity contribution >= 4 is 50.1 Å². The smallest absolute Gasteiger partial charge is 0.335 e. The quantitative estimate of drug-likeness (QED) is 0.376. The third kappa shape index (κ3) is 4.70. The van der Waals surface area contributed by atoms with Crippen molar-refractivity contribution in [3.05, 3.63) is 27.7 Å². The zero-order valence-electron chi connectivity index (χ0n) is 22.2. The lowest BCUT2D eigenvalue weighted by molar-refractivity contribution is -0.121. The molecule has 2 unspecified atom stereocenters.